The average molecular weight is 344 g/mol. The van der Waals surface area contributed by atoms with Gasteiger partial charge in [0, 0.05) is 19.7 Å². The van der Waals surface area contributed by atoms with E-state index in [1.165, 1.54) is 0 Å². The Morgan fingerprint density at radius 2 is 2.20 bits per heavy atom. The summed E-state index contributed by atoms with van der Waals surface area (Å²) < 4.78 is 16.9. The Balaban J connectivity index is 1.69. The summed E-state index contributed by atoms with van der Waals surface area (Å²) in [6.45, 7) is 5.36. The topological polar surface area (TPSA) is 64.8 Å². The molecule has 0 N–H and O–H groups in total. The van der Waals surface area contributed by atoms with E-state index in [4.69, 9.17) is 14.0 Å². The van der Waals surface area contributed by atoms with E-state index in [-0.39, 0.29) is 11.7 Å². The molecule has 2 heterocycles. The molecule has 1 aromatic heterocycles. The van der Waals surface area contributed by atoms with E-state index >= 15 is 0 Å². The summed E-state index contributed by atoms with van der Waals surface area (Å²) in [6, 6.07) is 9.58. The zero-order valence-electron chi connectivity index (χ0n) is 14.9. The maximum atomic E-state index is 12.6. The van der Waals surface area contributed by atoms with Gasteiger partial charge in [-0.05, 0) is 44.4 Å². The molecule has 0 radical (unpaired) electrons. The third kappa shape index (κ3) is 4.02. The molecule has 2 aromatic rings. The summed E-state index contributed by atoms with van der Waals surface area (Å²) in [5.41, 5.74) is 1.32. The standard InChI is InChI=1S/C19H24N2O4/c1-14-6-4-7-16(10-14)24-13-19(23-3)8-5-9-21(12-19)18(22)17-11-15(2)20-25-17/h4,6-7,10-11H,5,8-9,12-13H2,1-3H3/t19-/m1/s1. The monoisotopic (exact) mass is 344 g/mol. The van der Waals surface area contributed by atoms with Crippen LogP contribution in [0.3, 0.4) is 0 Å². The molecule has 6 nitrogen and oxygen atoms in total. The van der Waals surface area contributed by atoms with E-state index in [1.54, 1.807) is 25.0 Å². The van der Waals surface area contributed by atoms with Crippen LogP contribution in [-0.2, 0) is 4.74 Å². The second-order valence-electron chi connectivity index (χ2n) is 6.66. The predicted octanol–water partition coefficient (Wildman–Crippen LogP) is 2.99. The van der Waals surface area contributed by atoms with Crippen molar-refractivity contribution in [2.24, 2.45) is 0 Å². The molecule has 0 aliphatic carbocycles. The number of aryl methyl sites for hydroxylation is 2. The number of aromatic nitrogens is 1. The predicted molar refractivity (Wildman–Crippen MR) is 92.8 cm³/mol. The molecule has 1 aliphatic rings. The lowest BCUT2D eigenvalue weighted by Gasteiger charge is -2.41. The molecule has 1 saturated heterocycles. The van der Waals surface area contributed by atoms with Crippen LogP contribution in [0.2, 0.25) is 0 Å². The van der Waals surface area contributed by atoms with Crippen molar-refractivity contribution in [3.63, 3.8) is 0 Å². The second-order valence-corrected chi connectivity index (χ2v) is 6.66. The fraction of sp³-hybridized carbons (Fsp3) is 0.474. The number of amides is 1. The lowest BCUT2D eigenvalue weighted by Crippen LogP contribution is -2.54. The summed E-state index contributed by atoms with van der Waals surface area (Å²) in [5, 5.41) is 3.79. The van der Waals surface area contributed by atoms with E-state index in [1.807, 2.05) is 31.2 Å². The second kappa shape index (κ2) is 7.27. The summed E-state index contributed by atoms with van der Waals surface area (Å²) in [6.07, 6.45) is 1.69. The SMILES string of the molecule is CO[C@]1(COc2cccc(C)c2)CCCN(C(=O)c2cc(C)no2)C1. The van der Waals surface area contributed by atoms with Crippen LogP contribution in [-0.4, -0.2) is 48.4 Å². The van der Waals surface area contributed by atoms with Crippen LogP contribution in [0.4, 0.5) is 0 Å². The largest absolute Gasteiger partial charge is 0.491 e. The summed E-state index contributed by atoms with van der Waals surface area (Å²) >= 11 is 0. The fourth-order valence-electron chi connectivity index (χ4n) is 3.15. The third-order valence-electron chi connectivity index (χ3n) is 4.59. The number of ether oxygens (including phenoxy) is 2. The Morgan fingerprint density at radius 3 is 2.88 bits per heavy atom. The molecule has 3 rings (SSSR count). The van der Waals surface area contributed by atoms with Gasteiger partial charge < -0.3 is 18.9 Å². The number of carbonyl (C=O) groups excluding carboxylic acids is 1. The minimum Gasteiger partial charge on any atom is -0.491 e. The molecule has 134 valence electrons. The van der Waals surface area contributed by atoms with Gasteiger partial charge in [-0.1, -0.05) is 17.3 Å². The molecular formula is C19H24N2O4. The van der Waals surface area contributed by atoms with Crippen LogP contribution in [0, 0.1) is 13.8 Å². The molecule has 0 bridgehead atoms. The van der Waals surface area contributed by atoms with E-state index in [0.29, 0.717) is 25.4 Å². The molecule has 1 aromatic carbocycles. The van der Waals surface area contributed by atoms with Gasteiger partial charge in [-0.15, -0.1) is 0 Å². The van der Waals surface area contributed by atoms with E-state index < -0.39 is 5.60 Å². The maximum Gasteiger partial charge on any atom is 0.292 e. The van der Waals surface area contributed by atoms with Crippen LogP contribution in [0.15, 0.2) is 34.9 Å². The van der Waals surface area contributed by atoms with Crippen molar-refractivity contribution < 1.29 is 18.8 Å². The highest BCUT2D eigenvalue weighted by atomic mass is 16.5. The zero-order valence-corrected chi connectivity index (χ0v) is 14.9. The zero-order chi connectivity index (χ0) is 17.9. The normalized spacial score (nSPS) is 20.5. The molecule has 1 amide bonds. The molecule has 1 aliphatic heterocycles. The Morgan fingerprint density at radius 1 is 1.36 bits per heavy atom. The Kier molecular flexibility index (Phi) is 5.08. The van der Waals surface area contributed by atoms with Gasteiger partial charge in [0.1, 0.15) is 18.0 Å². The van der Waals surface area contributed by atoms with Gasteiger partial charge >= 0.3 is 0 Å². The number of nitrogens with zero attached hydrogens (tertiary/aromatic N) is 2. The fourth-order valence-corrected chi connectivity index (χ4v) is 3.15. The molecule has 0 saturated carbocycles. The first-order valence-electron chi connectivity index (χ1n) is 8.49. The van der Waals surface area contributed by atoms with Crippen molar-refractivity contribution in [1.29, 1.82) is 0 Å². The van der Waals surface area contributed by atoms with Crippen LogP contribution in [0.1, 0.15) is 34.7 Å². The number of methoxy groups -OCH3 is 1. The Hall–Kier alpha value is -2.34. The first-order valence-corrected chi connectivity index (χ1v) is 8.49. The van der Waals surface area contributed by atoms with Crippen LogP contribution >= 0.6 is 0 Å². The summed E-state index contributed by atoms with van der Waals surface area (Å²) in [4.78, 5) is 14.4. The van der Waals surface area contributed by atoms with E-state index in [2.05, 4.69) is 5.16 Å². The van der Waals surface area contributed by atoms with Gasteiger partial charge in [-0.25, -0.2) is 0 Å². The van der Waals surface area contributed by atoms with Gasteiger partial charge in [-0.2, -0.15) is 0 Å². The van der Waals surface area contributed by atoms with Crippen LogP contribution < -0.4 is 4.74 Å². The summed E-state index contributed by atoms with van der Waals surface area (Å²) in [5.74, 6) is 0.923. The van der Waals surface area contributed by atoms with E-state index in [9.17, 15) is 4.79 Å². The van der Waals surface area contributed by atoms with Crippen molar-refractivity contribution in [2.75, 3.05) is 26.8 Å². The van der Waals surface area contributed by atoms with Crippen molar-refractivity contribution in [3.8, 4) is 5.75 Å². The molecule has 0 unspecified atom stereocenters. The van der Waals surface area contributed by atoms with Gasteiger partial charge in [0.05, 0.1) is 12.2 Å². The number of piperidine rings is 1. The molecular weight excluding hydrogens is 320 g/mol. The van der Waals surface area contributed by atoms with Crippen molar-refractivity contribution in [2.45, 2.75) is 32.3 Å². The molecule has 1 atom stereocenters. The van der Waals surface area contributed by atoms with Crippen LogP contribution in [0.25, 0.3) is 0 Å². The lowest BCUT2D eigenvalue weighted by atomic mass is 9.93. The molecule has 6 heteroatoms. The number of hydrogen-bond acceptors (Lipinski definition) is 5. The number of hydrogen-bond donors (Lipinski definition) is 0. The van der Waals surface area contributed by atoms with Gasteiger partial charge in [-0.3, -0.25) is 4.79 Å². The third-order valence-corrected chi connectivity index (χ3v) is 4.59. The van der Waals surface area contributed by atoms with Crippen molar-refractivity contribution in [1.82, 2.24) is 10.1 Å². The number of rotatable bonds is 5. The lowest BCUT2D eigenvalue weighted by molar-refractivity contribution is -0.0828. The quantitative estimate of drug-likeness (QED) is 0.834. The Labute approximate surface area is 147 Å². The van der Waals surface area contributed by atoms with Gasteiger partial charge in [0.15, 0.2) is 0 Å². The minimum atomic E-state index is -0.521. The van der Waals surface area contributed by atoms with Gasteiger partial charge in [0.2, 0.25) is 5.76 Å². The average Bonchev–Trinajstić information content (AvgIpc) is 3.06. The number of likely N-dealkylation sites (tertiary alicyclic amines) is 1. The Bertz CT molecular complexity index is 743. The summed E-state index contributed by atoms with van der Waals surface area (Å²) in [7, 11) is 1.67. The maximum absolute atomic E-state index is 12.6. The molecule has 0 spiro atoms. The van der Waals surface area contributed by atoms with E-state index in [0.717, 1.165) is 24.2 Å². The highest BCUT2D eigenvalue weighted by molar-refractivity contribution is 5.91. The number of carbonyl (C=O) groups is 1. The highest BCUT2D eigenvalue weighted by Gasteiger charge is 2.39. The highest BCUT2D eigenvalue weighted by Crippen LogP contribution is 2.27. The first kappa shape index (κ1) is 17.5. The smallest absolute Gasteiger partial charge is 0.292 e. The molecule has 25 heavy (non-hydrogen) atoms. The first-order chi connectivity index (χ1) is 12.0. The minimum absolute atomic E-state index is 0.155. The molecule has 1 fully saturated rings. The van der Waals surface area contributed by atoms with Crippen molar-refractivity contribution in [3.05, 3.63) is 47.3 Å². The van der Waals surface area contributed by atoms with Gasteiger partial charge in [0.25, 0.3) is 5.91 Å². The van der Waals surface area contributed by atoms with Crippen molar-refractivity contribution >= 4 is 5.91 Å². The number of benzene rings is 1. The van der Waals surface area contributed by atoms with Crippen LogP contribution in [0.5, 0.6) is 5.75 Å².